The molecule has 2 amide bonds. The van der Waals surface area contributed by atoms with Gasteiger partial charge in [-0.05, 0) is 57.1 Å². The predicted octanol–water partition coefficient (Wildman–Crippen LogP) is 3.32. The van der Waals surface area contributed by atoms with Crippen LogP contribution in [-0.4, -0.2) is 78.7 Å². The molecule has 2 N–H and O–H groups in total. The lowest BCUT2D eigenvalue weighted by atomic mass is 9.80. The number of pyridine rings is 2. The summed E-state index contributed by atoms with van der Waals surface area (Å²) >= 11 is 0. The largest absolute Gasteiger partial charge is 0.379 e. The van der Waals surface area contributed by atoms with Crippen molar-refractivity contribution in [1.29, 1.82) is 0 Å². The van der Waals surface area contributed by atoms with E-state index in [-0.39, 0.29) is 17.6 Å². The Balaban J connectivity index is 1.03. The minimum atomic E-state index is -0.403. The van der Waals surface area contributed by atoms with E-state index in [1.165, 1.54) is 25.7 Å². The Hall–Kier alpha value is -4.16. The topological polar surface area (TPSA) is 132 Å². The molecule has 0 radical (unpaired) electrons. The second-order valence-corrected chi connectivity index (χ2v) is 11.4. The van der Waals surface area contributed by atoms with Crippen LogP contribution < -0.4 is 10.6 Å². The van der Waals surface area contributed by atoms with Crippen LogP contribution in [0.4, 0.5) is 11.4 Å². The molecule has 2 bridgehead atoms. The molecule has 1 saturated carbocycles. The molecule has 12 heteroatoms. The first-order valence-corrected chi connectivity index (χ1v) is 14.3. The van der Waals surface area contributed by atoms with Gasteiger partial charge in [-0.2, -0.15) is 5.10 Å². The maximum Gasteiger partial charge on any atom is 0.278 e. The lowest BCUT2D eigenvalue weighted by Gasteiger charge is -2.44. The SMILES string of the molecule is Cc1ncc(NC(=O)CN2CC3CCC2CC3)cc1NC(=O)c1nnn2cc(-c3cnn(C4CCOC4)c3)ccc12. The van der Waals surface area contributed by atoms with E-state index in [0.717, 1.165) is 30.7 Å². The number of hydrogen-bond donors (Lipinski definition) is 2. The Morgan fingerprint density at radius 3 is 2.68 bits per heavy atom. The lowest BCUT2D eigenvalue weighted by Crippen LogP contribution is -2.50. The van der Waals surface area contributed by atoms with Gasteiger partial charge in [0.1, 0.15) is 0 Å². The van der Waals surface area contributed by atoms with E-state index in [1.807, 2.05) is 35.4 Å². The third kappa shape index (κ3) is 5.20. The van der Waals surface area contributed by atoms with Crippen molar-refractivity contribution in [2.24, 2.45) is 5.92 Å². The average molecular weight is 556 g/mol. The van der Waals surface area contributed by atoms with Crippen molar-refractivity contribution in [1.82, 2.24) is 34.5 Å². The molecular formula is C29H33N9O3. The van der Waals surface area contributed by atoms with Crippen molar-refractivity contribution in [2.75, 3.05) is 36.9 Å². The number of fused-ring (bicyclic) bond motifs is 4. The molecule has 4 aromatic rings. The maximum absolute atomic E-state index is 13.2. The van der Waals surface area contributed by atoms with Crippen LogP contribution in [0, 0.1) is 12.8 Å². The van der Waals surface area contributed by atoms with Crippen LogP contribution in [-0.2, 0) is 9.53 Å². The number of carbonyl (C=O) groups excluding carboxylic acids is 2. The predicted molar refractivity (Wildman–Crippen MR) is 152 cm³/mol. The van der Waals surface area contributed by atoms with E-state index in [1.54, 1.807) is 23.7 Å². The molecule has 212 valence electrons. The number of aromatic nitrogens is 6. The highest BCUT2D eigenvalue weighted by Crippen LogP contribution is 2.34. The smallest absolute Gasteiger partial charge is 0.278 e. The van der Waals surface area contributed by atoms with Gasteiger partial charge in [0, 0.05) is 42.7 Å². The number of nitrogens with zero attached hydrogens (tertiary/aromatic N) is 7. The van der Waals surface area contributed by atoms with Gasteiger partial charge in [0.05, 0.1) is 54.2 Å². The molecule has 8 rings (SSSR count). The summed E-state index contributed by atoms with van der Waals surface area (Å²) in [5.41, 5.74) is 4.33. The molecule has 1 atom stereocenters. The van der Waals surface area contributed by atoms with Gasteiger partial charge < -0.3 is 15.4 Å². The van der Waals surface area contributed by atoms with Crippen molar-refractivity contribution in [2.45, 2.75) is 51.1 Å². The number of aryl methyl sites for hydroxylation is 1. The fourth-order valence-electron chi connectivity index (χ4n) is 6.31. The standard InChI is InChI=1S/C29H33N9O3/c1-18-25(10-22(12-30-18)32-27(39)16-36-13-19-2-5-23(36)6-3-19)33-29(40)28-26-7-4-20(14-38(26)35-34-28)21-11-31-37(15-21)24-8-9-41-17-24/h4,7,10-12,14-15,19,23-24H,2-3,5-6,8-9,13,16-17H2,1H3,(H,32,39)(H,33,40). The Kier molecular flexibility index (Phi) is 6.71. The number of carbonyl (C=O) groups is 2. The summed E-state index contributed by atoms with van der Waals surface area (Å²) in [6, 6.07) is 6.26. The highest BCUT2D eigenvalue weighted by molar-refractivity contribution is 6.08. The fourth-order valence-corrected chi connectivity index (χ4v) is 6.31. The van der Waals surface area contributed by atoms with Gasteiger partial charge in [-0.3, -0.25) is 24.2 Å². The molecule has 4 aromatic heterocycles. The first-order chi connectivity index (χ1) is 20.0. The quantitative estimate of drug-likeness (QED) is 0.355. The van der Waals surface area contributed by atoms with Crippen LogP contribution in [0.2, 0.25) is 0 Å². The molecular weight excluding hydrogens is 522 g/mol. The van der Waals surface area contributed by atoms with Crippen molar-refractivity contribution in [3.63, 3.8) is 0 Å². The van der Waals surface area contributed by atoms with Gasteiger partial charge in [0.25, 0.3) is 5.91 Å². The van der Waals surface area contributed by atoms with Crippen molar-refractivity contribution >= 4 is 28.7 Å². The lowest BCUT2D eigenvalue weighted by molar-refractivity contribution is -0.119. The average Bonchev–Trinajstić information content (AvgIpc) is 3.76. The number of anilines is 2. The van der Waals surface area contributed by atoms with E-state index in [2.05, 4.69) is 35.9 Å². The summed E-state index contributed by atoms with van der Waals surface area (Å²) in [5, 5.41) is 18.7. The molecule has 1 aliphatic carbocycles. The van der Waals surface area contributed by atoms with E-state index in [0.29, 0.717) is 47.7 Å². The Bertz CT molecular complexity index is 1600. The molecule has 7 heterocycles. The van der Waals surface area contributed by atoms with Gasteiger partial charge in [-0.1, -0.05) is 11.3 Å². The van der Waals surface area contributed by atoms with Crippen LogP contribution >= 0.6 is 0 Å². The number of rotatable bonds is 7. The minimum absolute atomic E-state index is 0.0669. The Labute approximate surface area is 237 Å². The molecule has 4 fully saturated rings. The summed E-state index contributed by atoms with van der Waals surface area (Å²) in [7, 11) is 0. The van der Waals surface area contributed by atoms with Crippen molar-refractivity contribution in [3.05, 3.63) is 54.4 Å². The van der Waals surface area contributed by atoms with E-state index in [9.17, 15) is 9.59 Å². The molecule has 4 aliphatic rings. The summed E-state index contributed by atoms with van der Waals surface area (Å²) in [5.74, 6) is 0.245. The minimum Gasteiger partial charge on any atom is -0.379 e. The monoisotopic (exact) mass is 555 g/mol. The van der Waals surface area contributed by atoms with Crippen molar-refractivity contribution < 1.29 is 14.3 Å². The van der Waals surface area contributed by atoms with E-state index >= 15 is 0 Å². The molecule has 12 nitrogen and oxygen atoms in total. The first-order valence-electron chi connectivity index (χ1n) is 14.3. The zero-order valence-electron chi connectivity index (χ0n) is 23.0. The van der Waals surface area contributed by atoms with Crippen LogP contribution in [0.1, 0.15) is 54.3 Å². The zero-order chi connectivity index (χ0) is 27.9. The second kappa shape index (κ2) is 10.7. The highest BCUT2D eigenvalue weighted by Gasteiger charge is 2.34. The molecule has 41 heavy (non-hydrogen) atoms. The van der Waals surface area contributed by atoms with Crippen molar-refractivity contribution in [3.8, 4) is 11.1 Å². The number of ether oxygens (including phenoxy) is 1. The summed E-state index contributed by atoms with van der Waals surface area (Å²) in [6.07, 6.45) is 13.1. The molecule has 3 aliphatic heterocycles. The van der Waals surface area contributed by atoms with E-state index < -0.39 is 5.91 Å². The van der Waals surface area contributed by atoms with Gasteiger partial charge in [-0.25, -0.2) is 4.52 Å². The number of hydrogen-bond acceptors (Lipinski definition) is 8. The summed E-state index contributed by atoms with van der Waals surface area (Å²) in [4.78, 5) is 32.7. The van der Waals surface area contributed by atoms with Gasteiger partial charge in [0.2, 0.25) is 5.91 Å². The fraction of sp³-hybridized carbons (Fsp3) is 0.448. The van der Waals surface area contributed by atoms with Gasteiger partial charge in [-0.15, -0.1) is 5.10 Å². The van der Waals surface area contributed by atoms with Crippen LogP contribution in [0.5, 0.6) is 0 Å². The van der Waals surface area contributed by atoms with Crippen LogP contribution in [0.3, 0.4) is 0 Å². The van der Waals surface area contributed by atoms with Crippen LogP contribution in [0.25, 0.3) is 16.6 Å². The Morgan fingerprint density at radius 2 is 1.90 bits per heavy atom. The molecule has 0 spiro atoms. The number of piperidine rings is 2. The number of amides is 2. The molecule has 3 saturated heterocycles. The summed E-state index contributed by atoms with van der Waals surface area (Å²) < 4.78 is 9.01. The Morgan fingerprint density at radius 1 is 1.02 bits per heavy atom. The third-order valence-corrected chi connectivity index (χ3v) is 8.63. The van der Waals surface area contributed by atoms with Crippen LogP contribution in [0.15, 0.2) is 43.0 Å². The summed E-state index contributed by atoms with van der Waals surface area (Å²) in [6.45, 7) is 4.61. The van der Waals surface area contributed by atoms with E-state index in [4.69, 9.17) is 4.74 Å². The molecule has 0 aromatic carbocycles. The van der Waals surface area contributed by atoms with Gasteiger partial charge in [0.15, 0.2) is 5.69 Å². The maximum atomic E-state index is 13.2. The number of nitrogens with one attached hydrogen (secondary N) is 2. The zero-order valence-corrected chi connectivity index (χ0v) is 23.0. The first kappa shape index (κ1) is 25.8. The molecule has 1 unspecified atom stereocenters. The third-order valence-electron chi connectivity index (χ3n) is 8.63. The highest BCUT2D eigenvalue weighted by atomic mass is 16.5. The van der Waals surface area contributed by atoms with Gasteiger partial charge >= 0.3 is 0 Å². The second-order valence-electron chi connectivity index (χ2n) is 11.4. The normalized spacial score (nSPS) is 22.3.